The zero-order valence-corrected chi connectivity index (χ0v) is 11.8. The maximum atomic E-state index is 3.63. The number of aromatic nitrogens is 1. The summed E-state index contributed by atoms with van der Waals surface area (Å²) in [5.41, 5.74) is 7.09. The number of benzene rings is 1. The molecule has 1 aromatic heterocycles. The van der Waals surface area contributed by atoms with E-state index >= 15 is 0 Å². The first kappa shape index (κ1) is 11.8. The molecule has 0 saturated carbocycles. The maximum absolute atomic E-state index is 3.63. The van der Waals surface area contributed by atoms with Gasteiger partial charge >= 0.3 is 0 Å². The largest absolute Gasteiger partial charge is 0.346 e. The minimum absolute atomic E-state index is 0.544. The summed E-state index contributed by atoms with van der Waals surface area (Å²) in [6, 6.07) is 5.15. The molecule has 1 N–H and O–H groups in total. The summed E-state index contributed by atoms with van der Waals surface area (Å²) >= 11 is 0. The Morgan fingerprint density at radius 3 is 2.67 bits per heavy atom. The van der Waals surface area contributed by atoms with Crippen molar-refractivity contribution in [3.05, 3.63) is 34.5 Å². The third kappa shape index (κ3) is 1.59. The summed E-state index contributed by atoms with van der Waals surface area (Å²) in [4.78, 5) is 0. The van der Waals surface area contributed by atoms with Crippen molar-refractivity contribution in [2.75, 3.05) is 6.54 Å². The second-order valence-electron chi connectivity index (χ2n) is 5.69. The molecule has 0 bridgehead atoms. The minimum atomic E-state index is 0.544. The zero-order valence-electron chi connectivity index (χ0n) is 11.8. The summed E-state index contributed by atoms with van der Waals surface area (Å²) in [6.07, 6.45) is 2.56. The average Bonchev–Trinajstić information content (AvgIpc) is 2.87. The van der Waals surface area contributed by atoms with E-state index in [0.29, 0.717) is 6.04 Å². The Balaban J connectivity index is 2.30. The van der Waals surface area contributed by atoms with Crippen LogP contribution >= 0.6 is 0 Å². The molecule has 2 heterocycles. The molecule has 2 nitrogen and oxygen atoms in total. The van der Waals surface area contributed by atoms with Crippen LogP contribution in [0.1, 0.15) is 41.3 Å². The van der Waals surface area contributed by atoms with Crippen LogP contribution in [0.25, 0.3) is 10.9 Å². The van der Waals surface area contributed by atoms with E-state index in [2.05, 4.69) is 49.8 Å². The Kier molecular flexibility index (Phi) is 2.70. The van der Waals surface area contributed by atoms with Crippen molar-refractivity contribution in [3.8, 4) is 0 Å². The normalized spacial score (nSPS) is 19.9. The van der Waals surface area contributed by atoms with E-state index in [0.717, 1.165) is 6.54 Å². The van der Waals surface area contributed by atoms with Gasteiger partial charge in [0.05, 0.1) is 0 Å². The molecule has 1 unspecified atom stereocenters. The number of fused-ring (bicyclic) bond motifs is 1. The van der Waals surface area contributed by atoms with Gasteiger partial charge in [0, 0.05) is 29.7 Å². The maximum Gasteiger partial charge on any atom is 0.0488 e. The third-order valence-corrected chi connectivity index (χ3v) is 4.33. The molecule has 1 aromatic carbocycles. The van der Waals surface area contributed by atoms with Gasteiger partial charge in [-0.1, -0.05) is 6.07 Å². The molecule has 3 rings (SSSR count). The molecule has 1 fully saturated rings. The quantitative estimate of drug-likeness (QED) is 0.809. The van der Waals surface area contributed by atoms with Crippen LogP contribution in [0.4, 0.5) is 0 Å². The van der Waals surface area contributed by atoms with Gasteiger partial charge in [-0.3, -0.25) is 0 Å². The van der Waals surface area contributed by atoms with E-state index in [-0.39, 0.29) is 0 Å². The molecule has 0 radical (unpaired) electrons. The van der Waals surface area contributed by atoms with Crippen LogP contribution in [0.2, 0.25) is 0 Å². The van der Waals surface area contributed by atoms with Crippen LogP contribution in [0.3, 0.4) is 0 Å². The van der Waals surface area contributed by atoms with E-state index in [1.54, 1.807) is 0 Å². The summed E-state index contributed by atoms with van der Waals surface area (Å²) in [5, 5.41) is 5.08. The van der Waals surface area contributed by atoms with E-state index < -0.39 is 0 Å². The van der Waals surface area contributed by atoms with Gasteiger partial charge in [-0.25, -0.2) is 0 Å². The second-order valence-corrected chi connectivity index (χ2v) is 5.69. The zero-order chi connectivity index (χ0) is 12.9. The van der Waals surface area contributed by atoms with Gasteiger partial charge in [-0.15, -0.1) is 0 Å². The Morgan fingerprint density at radius 2 is 2.00 bits per heavy atom. The highest BCUT2D eigenvalue weighted by Gasteiger charge is 2.23. The summed E-state index contributed by atoms with van der Waals surface area (Å²) in [6.45, 7) is 7.85. The average molecular weight is 242 g/mol. The van der Waals surface area contributed by atoms with Crippen LogP contribution in [-0.2, 0) is 7.05 Å². The topological polar surface area (TPSA) is 17.0 Å². The molecule has 18 heavy (non-hydrogen) atoms. The molecular weight excluding hydrogens is 220 g/mol. The lowest BCUT2D eigenvalue weighted by molar-refractivity contribution is 0.600. The lowest BCUT2D eigenvalue weighted by Gasteiger charge is -2.13. The monoisotopic (exact) mass is 242 g/mol. The number of hydrogen-bond donors (Lipinski definition) is 1. The predicted octanol–water partition coefficient (Wildman–Crippen LogP) is 3.53. The van der Waals surface area contributed by atoms with Gasteiger partial charge in [-0.2, -0.15) is 0 Å². The fourth-order valence-electron chi connectivity index (χ4n) is 3.62. The van der Waals surface area contributed by atoms with Crippen molar-refractivity contribution in [1.29, 1.82) is 0 Å². The molecule has 1 atom stereocenters. The van der Waals surface area contributed by atoms with Gasteiger partial charge < -0.3 is 9.88 Å². The van der Waals surface area contributed by atoms with E-state index in [1.807, 2.05) is 0 Å². The molecule has 0 spiro atoms. The van der Waals surface area contributed by atoms with Crippen LogP contribution in [-0.4, -0.2) is 11.1 Å². The van der Waals surface area contributed by atoms with Gasteiger partial charge in [-0.05, 0) is 62.9 Å². The number of nitrogens with one attached hydrogen (secondary N) is 1. The van der Waals surface area contributed by atoms with Crippen LogP contribution in [0.5, 0.6) is 0 Å². The van der Waals surface area contributed by atoms with Crippen molar-refractivity contribution in [1.82, 2.24) is 9.88 Å². The van der Waals surface area contributed by atoms with Crippen LogP contribution in [0, 0.1) is 20.8 Å². The van der Waals surface area contributed by atoms with Gasteiger partial charge in [0.15, 0.2) is 0 Å². The smallest absolute Gasteiger partial charge is 0.0488 e. The molecule has 1 saturated heterocycles. The number of hydrogen-bond acceptors (Lipinski definition) is 1. The molecular formula is C16H22N2. The summed E-state index contributed by atoms with van der Waals surface area (Å²) < 4.78 is 2.40. The van der Waals surface area contributed by atoms with E-state index in [4.69, 9.17) is 0 Å². The van der Waals surface area contributed by atoms with Gasteiger partial charge in [0.2, 0.25) is 0 Å². The molecule has 2 heteroatoms. The Bertz CT molecular complexity index is 601. The van der Waals surface area contributed by atoms with Crippen molar-refractivity contribution >= 4 is 10.9 Å². The fraction of sp³-hybridized carbons (Fsp3) is 0.500. The highest BCUT2D eigenvalue weighted by atomic mass is 15.0. The first-order chi connectivity index (χ1) is 8.59. The first-order valence-electron chi connectivity index (χ1n) is 6.89. The third-order valence-electron chi connectivity index (χ3n) is 4.33. The summed E-state index contributed by atoms with van der Waals surface area (Å²) in [5.74, 6) is 0. The number of aryl methyl sites for hydroxylation is 4. The Labute approximate surface area is 109 Å². The molecule has 1 aliphatic rings. The van der Waals surface area contributed by atoms with Crippen molar-refractivity contribution in [2.24, 2.45) is 7.05 Å². The second kappa shape index (κ2) is 4.13. The Morgan fingerprint density at radius 1 is 1.22 bits per heavy atom. The lowest BCUT2D eigenvalue weighted by atomic mass is 10.0. The fourth-order valence-corrected chi connectivity index (χ4v) is 3.62. The Hall–Kier alpha value is -1.28. The van der Waals surface area contributed by atoms with E-state index in [1.165, 1.54) is 46.1 Å². The molecule has 1 aliphatic heterocycles. The van der Waals surface area contributed by atoms with Gasteiger partial charge in [0.25, 0.3) is 0 Å². The van der Waals surface area contributed by atoms with E-state index in [9.17, 15) is 0 Å². The first-order valence-corrected chi connectivity index (χ1v) is 6.89. The van der Waals surface area contributed by atoms with Crippen LogP contribution in [0.15, 0.2) is 12.1 Å². The number of rotatable bonds is 1. The highest BCUT2D eigenvalue weighted by molar-refractivity contribution is 5.89. The molecule has 0 aliphatic carbocycles. The SMILES string of the molecule is Cc1cc(C)c2c(C)c(C3CCCN3)n(C)c2c1. The molecule has 2 aromatic rings. The predicted molar refractivity (Wildman–Crippen MR) is 77.1 cm³/mol. The highest BCUT2D eigenvalue weighted by Crippen LogP contribution is 2.34. The lowest BCUT2D eigenvalue weighted by Crippen LogP contribution is -2.16. The molecule has 96 valence electrons. The summed E-state index contributed by atoms with van der Waals surface area (Å²) in [7, 11) is 2.21. The standard InChI is InChI=1S/C16H22N2/c1-10-8-11(2)15-12(3)16(13-6-5-7-17-13)18(4)14(15)9-10/h8-9,13,17H,5-7H2,1-4H3. The van der Waals surface area contributed by atoms with Gasteiger partial charge in [0.1, 0.15) is 0 Å². The van der Waals surface area contributed by atoms with Crippen molar-refractivity contribution < 1.29 is 0 Å². The van der Waals surface area contributed by atoms with Crippen LogP contribution < -0.4 is 5.32 Å². The molecule has 0 amide bonds. The number of nitrogens with zero attached hydrogens (tertiary/aromatic N) is 1. The van der Waals surface area contributed by atoms with Crippen molar-refractivity contribution in [3.63, 3.8) is 0 Å². The minimum Gasteiger partial charge on any atom is -0.346 e. The van der Waals surface area contributed by atoms with Crippen molar-refractivity contribution in [2.45, 2.75) is 39.7 Å².